The average Bonchev–Trinajstić information content (AvgIpc) is 3.06. The smallest absolute Gasteiger partial charge is 0.335 e. The second-order valence-corrected chi connectivity index (χ2v) is 10.9. The standard InChI is InChI=1S/C22H26N2O10S/c1-22(2)16(20(32)34-21-14(28)12(26)13(27)15(33-21)19(30)31)24-17(29)11(18(24)35-22)23-10(25)8-9-6-4-3-5-7-9/h3-7,11-16,18,21,26-28H,8H2,1-2H3,(H,23,25)(H,30,31)/t11-,12?,13?,14?,15?,16+,18-,21?/m1/s1. The van der Waals surface area contributed by atoms with E-state index in [-0.39, 0.29) is 12.3 Å². The number of ether oxygens (including phenoxy) is 2. The van der Waals surface area contributed by atoms with E-state index in [9.17, 15) is 34.5 Å². The summed E-state index contributed by atoms with van der Waals surface area (Å²) in [4.78, 5) is 50.9. The number of aliphatic hydroxyl groups is 3. The molecule has 4 rings (SSSR count). The number of carbonyl (C=O) groups excluding carboxylic acids is 3. The van der Waals surface area contributed by atoms with Crippen molar-refractivity contribution >= 4 is 35.5 Å². The highest BCUT2D eigenvalue weighted by Crippen LogP contribution is 2.51. The number of esters is 1. The van der Waals surface area contributed by atoms with E-state index < -0.39 is 70.8 Å². The fourth-order valence-corrected chi connectivity index (χ4v) is 6.08. The minimum absolute atomic E-state index is 0.0900. The van der Waals surface area contributed by atoms with Crippen molar-refractivity contribution in [1.82, 2.24) is 10.2 Å². The first-order valence-corrected chi connectivity index (χ1v) is 11.8. The maximum absolute atomic E-state index is 13.0. The molecule has 3 heterocycles. The Bertz CT molecular complexity index is 1020. The van der Waals surface area contributed by atoms with Crippen LogP contribution in [0, 0.1) is 0 Å². The lowest BCUT2D eigenvalue weighted by Gasteiger charge is -2.44. The Labute approximate surface area is 204 Å². The van der Waals surface area contributed by atoms with E-state index in [2.05, 4.69) is 5.32 Å². The number of aliphatic carboxylic acids is 1. The zero-order chi connectivity index (χ0) is 25.7. The molecule has 5 unspecified atom stereocenters. The Balaban J connectivity index is 1.43. The van der Waals surface area contributed by atoms with Gasteiger partial charge in [-0.2, -0.15) is 0 Å². The monoisotopic (exact) mass is 510 g/mol. The number of amides is 2. The van der Waals surface area contributed by atoms with Crippen LogP contribution in [0.5, 0.6) is 0 Å². The van der Waals surface area contributed by atoms with Crippen LogP contribution >= 0.6 is 11.8 Å². The molecule has 5 N–H and O–H groups in total. The van der Waals surface area contributed by atoms with E-state index in [4.69, 9.17) is 14.6 Å². The largest absolute Gasteiger partial charge is 0.479 e. The maximum Gasteiger partial charge on any atom is 0.335 e. The first kappa shape index (κ1) is 25.4. The lowest BCUT2D eigenvalue weighted by molar-refractivity contribution is -0.287. The third-order valence-corrected chi connectivity index (χ3v) is 7.81. The van der Waals surface area contributed by atoms with Crippen LogP contribution in [0.2, 0.25) is 0 Å². The first-order chi connectivity index (χ1) is 16.4. The third-order valence-electron chi connectivity index (χ3n) is 6.23. The van der Waals surface area contributed by atoms with E-state index in [1.165, 1.54) is 16.7 Å². The summed E-state index contributed by atoms with van der Waals surface area (Å²) in [7, 11) is 0. The maximum atomic E-state index is 13.0. The van der Waals surface area contributed by atoms with Crippen molar-refractivity contribution in [3.63, 3.8) is 0 Å². The number of carboxylic acids is 1. The molecule has 0 bridgehead atoms. The quantitative estimate of drug-likeness (QED) is 0.215. The highest BCUT2D eigenvalue weighted by molar-refractivity contribution is 8.01. The van der Waals surface area contributed by atoms with Crippen molar-refractivity contribution in [2.24, 2.45) is 0 Å². The van der Waals surface area contributed by atoms with Crippen LogP contribution in [-0.2, 0) is 35.1 Å². The minimum Gasteiger partial charge on any atom is -0.479 e. The van der Waals surface area contributed by atoms with Gasteiger partial charge in [-0.15, -0.1) is 11.8 Å². The predicted molar refractivity (Wildman–Crippen MR) is 119 cm³/mol. The number of nitrogens with one attached hydrogen (secondary N) is 1. The molecule has 2 amide bonds. The number of benzene rings is 1. The average molecular weight is 511 g/mol. The van der Waals surface area contributed by atoms with Gasteiger partial charge in [-0.25, -0.2) is 9.59 Å². The van der Waals surface area contributed by atoms with Crippen molar-refractivity contribution in [3.8, 4) is 0 Å². The van der Waals surface area contributed by atoms with Gasteiger partial charge in [0, 0.05) is 4.75 Å². The van der Waals surface area contributed by atoms with Crippen LogP contribution in [-0.4, -0.2) is 102 Å². The van der Waals surface area contributed by atoms with Gasteiger partial charge in [0.2, 0.25) is 18.1 Å². The van der Waals surface area contributed by atoms with Crippen LogP contribution in [0.15, 0.2) is 30.3 Å². The number of thioether (sulfide) groups is 1. The van der Waals surface area contributed by atoms with Crippen molar-refractivity contribution < 1.29 is 49.1 Å². The molecule has 1 aromatic carbocycles. The molecule has 0 spiro atoms. The van der Waals surface area contributed by atoms with E-state index in [0.29, 0.717) is 0 Å². The van der Waals surface area contributed by atoms with Crippen molar-refractivity contribution in [1.29, 1.82) is 0 Å². The molecule has 12 nitrogen and oxygen atoms in total. The number of fused-ring (bicyclic) bond motifs is 1. The molecule has 3 aliphatic heterocycles. The molecule has 0 saturated carbocycles. The molecule has 3 saturated heterocycles. The summed E-state index contributed by atoms with van der Waals surface area (Å²) in [5.74, 6) is -3.43. The zero-order valence-electron chi connectivity index (χ0n) is 18.8. The number of nitrogens with zero attached hydrogens (tertiary/aromatic N) is 1. The number of hydrogen-bond donors (Lipinski definition) is 5. The second-order valence-electron chi connectivity index (χ2n) is 9.14. The SMILES string of the molecule is CC1(C)S[C@@H]2[C@H](NC(=O)Cc3ccccc3)C(=O)N2[C@H]1C(=O)OC1OC(C(=O)O)C(O)C(O)C1O. The number of rotatable bonds is 6. The van der Waals surface area contributed by atoms with E-state index >= 15 is 0 Å². The molecule has 35 heavy (non-hydrogen) atoms. The molecule has 0 aromatic heterocycles. The molecule has 13 heteroatoms. The summed E-state index contributed by atoms with van der Waals surface area (Å²) in [6, 6.07) is 7.05. The Morgan fingerprint density at radius 1 is 1.11 bits per heavy atom. The number of carboxylic acid groups (broad SMARTS) is 1. The van der Waals surface area contributed by atoms with E-state index in [1.807, 2.05) is 6.07 Å². The van der Waals surface area contributed by atoms with Gasteiger partial charge < -0.3 is 40.1 Å². The van der Waals surface area contributed by atoms with Gasteiger partial charge >= 0.3 is 11.9 Å². The van der Waals surface area contributed by atoms with Crippen LogP contribution in [0.25, 0.3) is 0 Å². The zero-order valence-corrected chi connectivity index (χ0v) is 19.6. The van der Waals surface area contributed by atoms with Crippen molar-refractivity contribution in [2.75, 3.05) is 0 Å². The summed E-state index contributed by atoms with van der Waals surface area (Å²) in [5, 5.41) is 41.2. The molecule has 8 atom stereocenters. The van der Waals surface area contributed by atoms with Crippen LogP contribution in [0.4, 0.5) is 0 Å². The van der Waals surface area contributed by atoms with Gasteiger partial charge in [0.15, 0.2) is 6.10 Å². The highest BCUT2D eigenvalue weighted by Gasteiger charge is 2.65. The van der Waals surface area contributed by atoms with Gasteiger partial charge in [0.25, 0.3) is 0 Å². The Morgan fingerprint density at radius 3 is 2.40 bits per heavy atom. The highest BCUT2D eigenvalue weighted by atomic mass is 32.2. The summed E-state index contributed by atoms with van der Waals surface area (Å²) >= 11 is 1.29. The Kier molecular flexibility index (Phi) is 6.81. The molecule has 1 aromatic rings. The fraction of sp³-hybridized carbons (Fsp3) is 0.545. The van der Waals surface area contributed by atoms with Gasteiger partial charge in [0.05, 0.1) is 6.42 Å². The number of hydrogen-bond acceptors (Lipinski definition) is 10. The predicted octanol–water partition coefficient (Wildman–Crippen LogP) is -1.79. The van der Waals surface area contributed by atoms with E-state index in [0.717, 1.165) is 5.56 Å². The van der Waals surface area contributed by atoms with Crippen molar-refractivity contribution in [2.45, 2.75) is 73.2 Å². The third kappa shape index (κ3) is 4.61. The molecular formula is C22H26N2O10S. The van der Waals surface area contributed by atoms with Gasteiger partial charge in [-0.3, -0.25) is 9.59 Å². The number of carbonyl (C=O) groups is 4. The Morgan fingerprint density at radius 2 is 1.77 bits per heavy atom. The van der Waals surface area contributed by atoms with Crippen LogP contribution in [0.3, 0.4) is 0 Å². The molecule has 3 aliphatic rings. The molecule has 0 radical (unpaired) electrons. The number of aliphatic hydroxyl groups excluding tert-OH is 3. The second kappa shape index (κ2) is 9.39. The fourth-order valence-electron chi connectivity index (χ4n) is 4.46. The van der Waals surface area contributed by atoms with Gasteiger partial charge in [-0.1, -0.05) is 30.3 Å². The lowest BCUT2D eigenvalue weighted by Crippen LogP contribution is -2.71. The molecule has 0 aliphatic carbocycles. The normalized spacial score (nSPS) is 35.6. The Hall–Kier alpha value is -2.71. The minimum atomic E-state index is -1.93. The van der Waals surface area contributed by atoms with Crippen LogP contribution < -0.4 is 5.32 Å². The van der Waals surface area contributed by atoms with Gasteiger partial charge in [-0.05, 0) is 19.4 Å². The first-order valence-electron chi connectivity index (χ1n) is 10.9. The van der Waals surface area contributed by atoms with Crippen LogP contribution in [0.1, 0.15) is 19.4 Å². The van der Waals surface area contributed by atoms with E-state index in [1.54, 1.807) is 38.1 Å². The summed E-state index contributed by atoms with van der Waals surface area (Å²) in [6.07, 6.45) is -9.49. The van der Waals surface area contributed by atoms with Crippen molar-refractivity contribution in [3.05, 3.63) is 35.9 Å². The lowest BCUT2D eigenvalue weighted by atomic mass is 9.95. The summed E-state index contributed by atoms with van der Waals surface area (Å²) < 4.78 is 9.33. The molecule has 3 fully saturated rings. The summed E-state index contributed by atoms with van der Waals surface area (Å²) in [5.41, 5.74) is 0.785. The molecule has 190 valence electrons. The summed E-state index contributed by atoms with van der Waals surface area (Å²) in [6.45, 7) is 3.41. The van der Waals surface area contributed by atoms with Gasteiger partial charge in [0.1, 0.15) is 35.8 Å². The number of β-lactam (4-membered cyclic amide) rings is 1. The topological polar surface area (TPSA) is 183 Å². The molecular weight excluding hydrogens is 484 g/mol.